The summed E-state index contributed by atoms with van der Waals surface area (Å²) in [5, 5.41) is 0. The lowest BCUT2D eigenvalue weighted by Crippen LogP contribution is -2.36. The molecule has 0 fully saturated rings. The van der Waals surface area contributed by atoms with Crippen LogP contribution in [0.4, 0.5) is 26.3 Å². The molecule has 0 aromatic heterocycles. The Morgan fingerprint density at radius 3 is 1.62 bits per heavy atom. The molecular weight excluding hydrogens is 234 g/mol. The van der Waals surface area contributed by atoms with E-state index in [1.165, 1.54) is 0 Å². The maximum Gasteiger partial charge on any atom is 0.394 e. The van der Waals surface area contributed by atoms with Gasteiger partial charge in [-0.2, -0.15) is 26.3 Å². The molecule has 0 saturated carbocycles. The van der Waals surface area contributed by atoms with Gasteiger partial charge in [0.25, 0.3) is 0 Å². The van der Waals surface area contributed by atoms with Crippen molar-refractivity contribution in [3.8, 4) is 0 Å². The molecule has 0 spiro atoms. The fourth-order valence-electron chi connectivity index (χ4n) is 1.39. The Balaban J connectivity index is 4.55. The molecule has 0 saturated heterocycles. The Labute approximate surface area is 91.0 Å². The molecule has 6 heteroatoms. The molecule has 0 aliphatic carbocycles. The van der Waals surface area contributed by atoms with E-state index in [9.17, 15) is 26.3 Å². The highest BCUT2D eigenvalue weighted by Gasteiger charge is 2.51. The van der Waals surface area contributed by atoms with E-state index in [0.29, 0.717) is 6.42 Å². The number of unbranched alkanes of at least 4 members (excludes halogenated alkanes) is 1. The maximum atomic E-state index is 12.6. The van der Waals surface area contributed by atoms with Crippen LogP contribution in [-0.4, -0.2) is 12.4 Å². The highest BCUT2D eigenvalue weighted by atomic mass is 19.4. The van der Waals surface area contributed by atoms with Gasteiger partial charge in [-0.3, -0.25) is 0 Å². The molecule has 0 N–H and O–H groups in total. The van der Waals surface area contributed by atoms with Crippen molar-refractivity contribution >= 4 is 0 Å². The van der Waals surface area contributed by atoms with Crippen LogP contribution in [0.25, 0.3) is 0 Å². The van der Waals surface area contributed by atoms with Crippen LogP contribution in [0, 0.1) is 5.41 Å². The Morgan fingerprint density at radius 1 is 0.812 bits per heavy atom. The predicted molar refractivity (Wildman–Crippen MR) is 49.0 cm³/mol. The summed E-state index contributed by atoms with van der Waals surface area (Å²) in [5.41, 5.74) is -2.22. The first-order chi connectivity index (χ1) is 7.02. The van der Waals surface area contributed by atoms with E-state index in [2.05, 4.69) is 0 Å². The number of hydrogen-bond acceptors (Lipinski definition) is 0. The third-order valence-corrected chi connectivity index (χ3v) is 2.73. The molecule has 0 heterocycles. The van der Waals surface area contributed by atoms with Gasteiger partial charge in [0, 0.05) is 6.42 Å². The fourth-order valence-corrected chi connectivity index (χ4v) is 1.39. The van der Waals surface area contributed by atoms with Crippen molar-refractivity contribution in [2.24, 2.45) is 5.41 Å². The predicted octanol–water partition coefficient (Wildman–Crippen LogP) is 5.09. The standard InChI is InChI=1S/C10H16F6/c1-3-4-5-8(2,10(14,15)16)6-7-9(11,12)13/h3-7H2,1-2H3. The molecule has 0 aliphatic heterocycles. The SMILES string of the molecule is CCCCC(C)(CCC(F)(F)F)C(F)(F)F. The van der Waals surface area contributed by atoms with Crippen LogP contribution in [0.5, 0.6) is 0 Å². The molecule has 0 amide bonds. The van der Waals surface area contributed by atoms with Gasteiger partial charge in [-0.1, -0.05) is 26.7 Å². The minimum absolute atomic E-state index is 0.247. The number of halogens is 6. The van der Waals surface area contributed by atoms with Gasteiger partial charge >= 0.3 is 12.4 Å². The van der Waals surface area contributed by atoms with Gasteiger partial charge in [0.05, 0.1) is 5.41 Å². The largest absolute Gasteiger partial charge is 0.394 e. The normalized spacial score (nSPS) is 17.2. The van der Waals surface area contributed by atoms with Gasteiger partial charge in [-0.25, -0.2) is 0 Å². The molecule has 0 aliphatic rings. The quantitative estimate of drug-likeness (QED) is 0.596. The Hall–Kier alpha value is -0.420. The van der Waals surface area contributed by atoms with Gasteiger partial charge < -0.3 is 0 Å². The second kappa shape index (κ2) is 5.27. The van der Waals surface area contributed by atoms with Crippen molar-refractivity contribution in [3.05, 3.63) is 0 Å². The zero-order chi connectivity index (χ0) is 13.0. The monoisotopic (exact) mass is 250 g/mol. The van der Waals surface area contributed by atoms with Crippen LogP contribution in [0.15, 0.2) is 0 Å². The molecule has 0 aromatic rings. The molecule has 98 valence electrons. The van der Waals surface area contributed by atoms with Crippen LogP contribution in [-0.2, 0) is 0 Å². The molecule has 16 heavy (non-hydrogen) atoms. The highest BCUT2D eigenvalue weighted by molar-refractivity contribution is 4.83. The van der Waals surface area contributed by atoms with E-state index < -0.39 is 30.6 Å². The van der Waals surface area contributed by atoms with Crippen LogP contribution >= 0.6 is 0 Å². The Morgan fingerprint density at radius 2 is 1.31 bits per heavy atom. The van der Waals surface area contributed by atoms with E-state index in [1.54, 1.807) is 6.92 Å². The van der Waals surface area contributed by atoms with Crippen molar-refractivity contribution in [1.29, 1.82) is 0 Å². The Kier molecular flexibility index (Phi) is 5.14. The third kappa shape index (κ3) is 5.07. The lowest BCUT2D eigenvalue weighted by Gasteiger charge is -2.32. The van der Waals surface area contributed by atoms with Crippen molar-refractivity contribution in [2.45, 2.75) is 58.3 Å². The zero-order valence-corrected chi connectivity index (χ0v) is 9.30. The minimum Gasteiger partial charge on any atom is -0.171 e. The van der Waals surface area contributed by atoms with Gasteiger partial charge in [0.2, 0.25) is 0 Å². The minimum atomic E-state index is -4.58. The molecule has 1 unspecified atom stereocenters. The first-order valence-corrected chi connectivity index (χ1v) is 5.15. The summed E-state index contributed by atoms with van der Waals surface area (Å²) in [4.78, 5) is 0. The second-order valence-electron chi connectivity index (χ2n) is 4.28. The fraction of sp³-hybridized carbons (Fsp3) is 1.00. The van der Waals surface area contributed by atoms with Crippen molar-refractivity contribution in [1.82, 2.24) is 0 Å². The topological polar surface area (TPSA) is 0 Å². The van der Waals surface area contributed by atoms with Crippen molar-refractivity contribution < 1.29 is 26.3 Å². The molecule has 0 bridgehead atoms. The number of hydrogen-bond donors (Lipinski definition) is 0. The smallest absolute Gasteiger partial charge is 0.171 e. The van der Waals surface area contributed by atoms with Gasteiger partial charge in [-0.05, 0) is 12.8 Å². The maximum absolute atomic E-state index is 12.6. The number of alkyl halides is 6. The highest BCUT2D eigenvalue weighted by Crippen LogP contribution is 2.47. The molecular formula is C10H16F6. The summed E-state index contributed by atoms with van der Waals surface area (Å²) < 4.78 is 73.7. The molecule has 1 atom stereocenters. The molecule has 0 radical (unpaired) electrons. The average Bonchev–Trinajstić information content (AvgIpc) is 2.08. The first kappa shape index (κ1) is 15.6. The summed E-state index contributed by atoms with van der Waals surface area (Å²) in [7, 11) is 0. The van der Waals surface area contributed by atoms with Gasteiger partial charge in [0.1, 0.15) is 0 Å². The van der Waals surface area contributed by atoms with E-state index in [1.807, 2.05) is 0 Å². The van der Waals surface area contributed by atoms with Crippen molar-refractivity contribution in [3.63, 3.8) is 0 Å². The van der Waals surface area contributed by atoms with E-state index in [4.69, 9.17) is 0 Å². The van der Waals surface area contributed by atoms with Crippen LogP contribution in [0.1, 0.15) is 46.0 Å². The summed E-state index contributed by atoms with van der Waals surface area (Å²) >= 11 is 0. The molecule has 0 aromatic carbocycles. The average molecular weight is 250 g/mol. The molecule has 0 nitrogen and oxygen atoms in total. The summed E-state index contributed by atoms with van der Waals surface area (Å²) in [6.07, 6.45) is -10.8. The second-order valence-corrected chi connectivity index (χ2v) is 4.28. The van der Waals surface area contributed by atoms with E-state index >= 15 is 0 Å². The van der Waals surface area contributed by atoms with E-state index in [-0.39, 0.29) is 12.8 Å². The van der Waals surface area contributed by atoms with E-state index in [0.717, 1.165) is 6.92 Å². The van der Waals surface area contributed by atoms with Crippen LogP contribution in [0.3, 0.4) is 0 Å². The summed E-state index contributed by atoms with van der Waals surface area (Å²) in [5.74, 6) is 0. The van der Waals surface area contributed by atoms with Crippen molar-refractivity contribution in [2.75, 3.05) is 0 Å². The lowest BCUT2D eigenvalue weighted by molar-refractivity contribution is -0.232. The van der Waals surface area contributed by atoms with Crippen LogP contribution in [0.2, 0.25) is 0 Å². The van der Waals surface area contributed by atoms with Gasteiger partial charge in [0.15, 0.2) is 0 Å². The zero-order valence-electron chi connectivity index (χ0n) is 9.30. The third-order valence-electron chi connectivity index (χ3n) is 2.73. The number of rotatable bonds is 5. The first-order valence-electron chi connectivity index (χ1n) is 5.15. The van der Waals surface area contributed by atoms with Crippen LogP contribution < -0.4 is 0 Å². The molecule has 0 rings (SSSR count). The lowest BCUT2D eigenvalue weighted by atomic mass is 9.80. The summed E-state index contributed by atoms with van der Waals surface area (Å²) in [6, 6.07) is 0. The van der Waals surface area contributed by atoms with Gasteiger partial charge in [-0.15, -0.1) is 0 Å². The Bertz CT molecular complexity index is 204. The summed E-state index contributed by atoms with van der Waals surface area (Å²) in [6.45, 7) is 2.58.